The van der Waals surface area contributed by atoms with Crippen molar-refractivity contribution in [2.45, 2.75) is 57.6 Å². The molecule has 136 valence electrons. The second-order valence-corrected chi connectivity index (χ2v) is 9.62. The van der Waals surface area contributed by atoms with Crippen LogP contribution in [0.2, 0.25) is 0 Å². The van der Waals surface area contributed by atoms with Gasteiger partial charge in [0.1, 0.15) is 5.78 Å². The normalized spacial score (nSPS) is 12.0. The largest absolute Gasteiger partial charge is 0.300 e. The van der Waals surface area contributed by atoms with Gasteiger partial charge in [-0.2, -0.15) is 0 Å². The number of ketones is 1. The average Bonchev–Trinajstić information content (AvgIpc) is 2.59. The van der Waals surface area contributed by atoms with Gasteiger partial charge in [-0.25, -0.2) is 8.42 Å². The molecule has 4 heteroatoms. The molecule has 0 bridgehead atoms. The summed E-state index contributed by atoms with van der Waals surface area (Å²) in [6, 6.07) is 14.6. The minimum Gasteiger partial charge on any atom is -0.300 e. The molecule has 2 aromatic carbocycles. The number of carbonyl (C=O) groups excluding carboxylic acids is 1. The van der Waals surface area contributed by atoms with E-state index >= 15 is 0 Å². The highest BCUT2D eigenvalue weighted by Crippen LogP contribution is 2.17. The third kappa shape index (κ3) is 6.28. The number of fused-ring (bicyclic) bond motifs is 1. The first-order chi connectivity index (χ1) is 11.9. The number of Topliss-reactive ketones (excluding diaryl/α,β-unsaturated/α-hetero) is 1. The highest BCUT2D eigenvalue weighted by atomic mass is 32.2. The Labute approximate surface area is 151 Å². The van der Waals surface area contributed by atoms with Crippen LogP contribution in [0.5, 0.6) is 0 Å². The Morgan fingerprint density at radius 1 is 0.920 bits per heavy atom. The van der Waals surface area contributed by atoms with Gasteiger partial charge in [-0.15, -0.1) is 0 Å². The van der Waals surface area contributed by atoms with E-state index in [1.807, 2.05) is 12.1 Å². The third-order valence-electron chi connectivity index (χ3n) is 4.61. The number of rotatable bonds is 10. The van der Waals surface area contributed by atoms with Crippen LogP contribution in [0.15, 0.2) is 42.5 Å². The van der Waals surface area contributed by atoms with Crippen molar-refractivity contribution in [1.29, 1.82) is 0 Å². The number of hydrogen-bond donors (Lipinski definition) is 0. The monoisotopic (exact) mass is 360 g/mol. The van der Waals surface area contributed by atoms with Crippen molar-refractivity contribution in [1.82, 2.24) is 0 Å². The van der Waals surface area contributed by atoms with Crippen LogP contribution in [0.25, 0.3) is 10.8 Å². The van der Waals surface area contributed by atoms with Crippen molar-refractivity contribution in [2.24, 2.45) is 0 Å². The fraction of sp³-hybridized carbons (Fsp3) is 0.476. The Morgan fingerprint density at radius 3 is 2.36 bits per heavy atom. The Bertz CT molecular complexity index is 807. The molecule has 0 saturated carbocycles. The Morgan fingerprint density at radius 2 is 1.64 bits per heavy atom. The van der Waals surface area contributed by atoms with Crippen molar-refractivity contribution in [3.8, 4) is 0 Å². The van der Waals surface area contributed by atoms with Crippen molar-refractivity contribution in [3.05, 3.63) is 48.0 Å². The van der Waals surface area contributed by atoms with Crippen LogP contribution in [0.3, 0.4) is 0 Å². The summed E-state index contributed by atoms with van der Waals surface area (Å²) in [6.45, 7) is 3.43. The van der Waals surface area contributed by atoms with Crippen molar-refractivity contribution in [3.63, 3.8) is 0 Å². The lowest BCUT2D eigenvalue weighted by molar-refractivity contribution is -0.119. The molecule has 0 unspecified atom stereocenters. The van der Waals surface area contributed by atoms with E-state index < -0.39 is 9.84 Å². The number of benzene rings is 2. The smallest absolute Gasteiger partial charge is 0.152 e. The second-order valence-electron chi connectivity index (χ2n) is 6.95. The predicted molar refractivity (Wildman–Crippen MR) is 105 cm³/mol. The molecule has 2 rings (SSSR count). The molecule has 0 fully saturated rings. The first kappa shape index (κ1) is 19.6. The van der Waals surface area contributed by atoms with Crippen molar-refractivity contribution < 1.29 is 13.2 Å². The maximum atomic E-state index is 12.0. The predicted octanol–water partition coefficient (Wildman–Crippen LogP) is 4.73. The van der Waals surface area contributed by atoms with E-state index in [-0.39, 0.29) is 16.8 Å². The summed E-state index contributed by atoms with van der Waals surface area (Å²) < 4.78 is 23.4. The molecule has 0 aliphatic rings. The minimum absolute atomic E-state index is 0.232. The SMILES string of the molecule is CC(C)S(=O)(=O)CCCCCC(=O)CCc1ccc2ccccc2c1. The molecule has 0 radical (unpaired) electrons. The number of unbranched alkanes of at least 4 members (excludes halogenated alkanes) is 2. The topological polar surface area (TPSA) is 51.2 Å². The lowest BCUT2D eigenvalue weighted by Crippen LogP contribution is -2.17. The number of carbonyl (C=O) groups is 1. The zero-order valence-corrected chi connectivity index (χ0v) is 16.0. The van der Waals surface area contributed by atoms with Gasteiger partial charge in [0.25, 0.3) is 0 Å². The summed E-state index contributed by atoms with van der Waals surface area (Å²) in [5, 5.41) is 2.11. The number of hydrogen-bond acceptors (Lipinski definition) is 3. The molecule has 0 aliphatic heterocycles. The third-order valence-corrected chi connectivity index (χ3v) is 6.90. The molecule has 0 saturated heterocycles. The number of sulfone groups is 1. The van der Waals surface area contributed by atoms with Gasteiger partial charge in [-0.1, -0.05) is 48.9 Å². The highest BCUT2D eigenvalue weighted by Gasteiger charge is 2.15. The molecular formula is C21H28O3S. The van der Waals surface area contributed by atoms with Gasteiger partial charge in [0.05, 0.1) is 11.0 Å². The van der Waals surface area contributed by atoms with Crippen LogP contribution in [0, 0.1) is 0 Å². The molecule has 2 aromatic rings. The van der Waals surface area contributed by atoms with E-state index in [9.17, 15) is 13.2 Å². The van der Waals surface area contributed by atoms with Gasteiger partial charge in [0.15, 0.2) is 9.84 Å². The molecule has 0 amide bonds. The van der Waals surface area contributed by atoms with Gasteiger partial charge < -0.3 is 0 Å². The summed E-state index contributed by atoms with van der Waals surface area (Å²) in [7, 11) is -2.95. The molecular weight excluding hydrogens is 332 g/mol. The fourth-order valence-electron chi connectivity index (χ4n) is 2.84. The molecule has 0 heterocycles. The first-order valence-electron chi connectivity index (χ1n) is 9.09. The maximum Gasteiger partial charge on any atom is 0.152 e. The van der Waals surface area contributed by atoms with Crippen LogP contribution in [-0.4, -0.2) is 25.2 Å². The van der Waals surface area contributed by atoms with E-state index in [4.69, 9.17) is 0 Å². The minimum atomic E-state index is -2.95. The second kappa shape index (κ2) is 9.14. The first-order valence-corrected chi connectivity index (χ1v) is 10.8. The Kier molecular flexibility index (Phi) is 7.18. The van der Waals surface area contributed by atoms with Crippen LogP contribution in [-0.2, 0) is 21.1 Å². The van der Waals surface area contributed by atoms with Gasteiger partial charge in [-0.05, 0) is 49.4 Å². The number of aryl methyl sites for hydroxylation is 1. The van der Waals surface area contributed by atoms with Crippen LogP contribution < -0.4 is 0 Å². The van der Waals surface area contributed by atoms with Crippen molar-refractivity contribution >= 4 is 26.4 Å². The van der Waals surface area contributed by atoms with Gasteiger partial charge >= 0.3 is 0 Å². The molecule has 0 spiro atoms. The molecule has 0 atom stereocenters. The van der Waals surface area contributed by atoms with E-state index in [2.05, 4.69) is 30.3 Å². The van der Waals surface area contributed by atoms with E-state index in [1.54, 1.807) is 13.8 Å². The molecule has 0 aliphatic carbocycles. The van der Waals surface area contributed by atoms with Crippen LogP contribution in [0.1, 0.15) is 51.5 Å². The highest BCUT2D eigenvalue weighted by molar-refractivity contribution is 7.91. The van der Waals surface area contributed by atoms with E-state index in [0.29, 0.717) is 19.3 Å². The lowest BCUT2D eigenvalue weighted by atomic mass is 10.0. The summed E-state index contributed by atoms with van der Waals surface area (Å²) in [6.07, 6.45) is 4.11. The molecule has 0 aromatic heterocycles. The average molecular weight is 361 g/mol. The van der Waals surface area contributed by atoms with E-state index in [0.717, 1.165) is 19.3 Å². The quantitative estimate of drug-likeness (QED) is 0.576. The van der Waals surface area contributed by atoms with Crippen molar-refractivity contribution in [2.75, 3.05) is 5.75 Å². The summed E-state index contributed by atoms with van der Waals surface area (Å²) >= 11 is 0. The van der Waals surface area contributed by atoms with Crippen LogP contribution in [0.4, 0.5) is 0 Å². The maximum absolute atomic E-state index is 12.0. The zero-order chi connectivity index (χ0) is 18.3. The lowest BCUT2D eigenvalue weighted by Gasteiger charge is -2.07. The summed E-state index contributed by atoms with van der Waals surface area (Å²) in [5.41, 5.74) is 1.19. The standard InChI is InChI=1S/C21H28O3S/c1-17(2)25(23,24)15-7-3-4-10-21(22)14-12-18-11-13-19-8-5-6-9-20(19)16-18/h5-6,8-9,11,13,16-17H,3-4,7,10,12,14-15H2,1-2H3. The fourth-order valence-corrected chi connectivity index (χ4v) is 3.92. The van der Waals surface area contributed by atoms with Gasteiger partial charge in [0.2, 0.25) is 0 Å². The van der Waals surface area contributed by atoms with Gasteiger partial charge in [-0.3, -0.25) is 4.79 Å². The van der Waals surface area contributed by atoms with E-state index in [1.165, 1.54) is 16.3 Å². The summed E-state index contributed by atoms with van der Waals surface area (Å²) in [4.78, 5) is 12.0. The summed E-state index contributed by atoms with van der Waals surface area (Å²) in [5.74, 6) is 0.496. The van der Waals surface area contributed by atoms with Gasteiger partial charge in [0, 0.05) is 12.8 Å². The molecule has 25 heavy (non-hydrogen) atoms. The van der Waals surface area contributed by atoms with Crippen LogP contribution >= 0.6 is 0 Å². The molecule has 0 N–H and O–H groups in total. The molecule has 3 nitrogen and oxygen atoms in total. The Hall–Kier alpha value is -1.68. The Balaban J connectivity index is 1.68. The zero-order valence-electron chi connectivity index (χ0n) is 15.2.